The Balaban J connectivity index is 1.56. The summed E-state index contributed by atoms with van der Waals surface area (Å²) in [6, 6.07) is 12.9. The van der Waals surface area contributed by atoms with Gasteiger partial charge in [-0.1, -0.05) is 23.7 Å². The van der Waals surface area contributed by atoms with Crippen LogP contribution in [0.3, 0.4) is 0 Å². The van der Waals surface area contributed by atoms with Crippen molar-refractivity contribution in [2.24, 2.45) is 5.92 Å². The van der Waals surface area contributed by atoms with Crippen molar-refractivity contribution in [2.45, 2.75) is 25.3 Å². The monoisotopic (exact) mass is 388 g/mol. The standard InChI is InChI=1S/C19H17ClN2O3S/c1-19(11-21,13-4-5-13)22-17(23)10-25-18(24)16-9-8-15(26-16)12-2-6-14(20)7-3-12/h2-3,6-9,13H,4-5,10H2,1H3,(H,22,23)/t19-/m0/s1. The SMILES string of the molecule is C[C@@](C#N)(NC(=O)COC(=O)c1ccc(-c2ccc(Cl)cc2)s1)C1CC1. The first-order valence-corrected chi connectivity index (χ1v) is 9.36. The lowest BCUT2D eigenvalue weighted by Crippen LogP contribution is -2.48. The summed E-state index contributed by atoms with van der Waals surface area (Å²) in [6.45, 7) is 1.29. The summed E-state index contributed by atoms with van der Waals surface area (Å²) >= 11 is 7.16. The van der Waals surface area contributed by atoms with E-state index in [1.54, 1.807) is 25.1 Å². The van der Waals surface area contributed by atoms with E-state index in [2.05, 4.69) is 11.4 Å². The largest absolute Gasteiger partial charge is 0.451 e. The van der Waals surface area contributed by atoms with Crippen LogP contribution in [-0.4, -0.2) is 24.0 Å². The molecule has 2 aromatic rings. The number of nitriles is 1. The van der Waals surface area contributed by atoms with Crippen LogP contribution in [0.25, 0.3) is 10.4 Å². The van der Waals surface area contributed by atoms with Crippen LogP contribution >= 0.6 is 22.9 Å². The summed E-state index contributed by atoms with van der Waals surface area (Å²) < 4.78 is 5.08. The molecule has 0 aliphatic heterocycles. The maximum atomic E-state index is 12.2. The fourth-order valence-electron chi connectivity index (χ4n) is 2.63. The fraction of sp³-hybridized carbons (Fsp3) is 0.316. The van der Waals surface area contributed by atoms with Crippen molar-refractivity contribution in [1.82, 2.24) is 5.32 Å². The Morgan fingerprint density at radius 2 is 2.00 bits per heavy atom. The van der Waals surface area contributed by atoms with E-state index in [-0.39, 0.29) is 5.92 Å². The van der Waals surface area contributed by atoms with Crippen molar-refractivity contribution in [2.75, 3.05) is 6.61 Å². The average Bonchev–Trinajstić information content (AvgIpc) is 3.38. The number of thiophene rings is 1. The Hall–Kier alpha value is -2.36. The molecule has 1 aliphatic rings. The number of carbonyl (C=O) groups is 2. The number of nitrogens with zero attached hydrogens (tertiary/aromatic N) is 1. The molecular formula is C19H17ClN2O3S. The van der Waals surface area contributed by atoms with Crippen LogP contribution in [0.5, 0.6) is 0 Å². The third-order valence-corrected chi connectivity index (χ3v) is 5.66. The van der Waals surface area contributed by atoms with Gasteiger partial charge in [0.05, 0.1) is 6.07 Å². The first-order chi connectivity index (χ1) is 12.4. The van der Waals surface area contributed by atoms with Gasteiger partial charge in [-0.15, -0.1) is 11.3 Å². The second-order valence-electron chi connectivity index (χ2n) is 6.38. The number of ether oxygens (including phenoxy) is 1. The molecule has 1 heterocycles. The van der Waals surface area contributed by atoms with Crippen LogP contribution in [0.15, 0.2) is 36.4 Å². The number of benzene rings is 1. The van der Waals surface area contributed by atoms with Crippen molar-refractivity contribution >= 4 is 34.8 Å². The quantitative estimate of drug-likeness (QED) is 0.757. The Kier molecular flexibility index (Phi) is 5.30. The van der Waals surface area contributed by atoms with E-state index in [9.17, 15) is 14.9 Å². The van der Waals surface area contributed by atoms with E-state index in [1.807, 2.05) is 18.2 Å². The molecule has 3 rings (SSSR count). The summed E-state index contributed by atoms with van der Waals surface area (Å²) in [6.07, 6.45) is 1.85. The summed E-state index contributed by atoms with van der Waals surface area (Å²) in [4.78, 5) is 25.5. The smallest absolute Gasteiger partial charge is 0.348 e. The fourth-order valence-corrected chi connectivity index (χ4v) is 3.66. The third kappa shape index (κ3) is 4.24. The van der Waals surface area contributed by atoms with Gasteiger partial charge in [0.2, 0.25) is 0 Å². The number of rotatable bonds is 6. The lowest BCUT2D eigenvalue weighted by molar-refractivity contribution is -0.125. The maximum Gasteiger partial charge on any atom is 0.348 e. The van der Waals surface area contributed by atoms with Crippen molar-refractivity contribution in [3.8, 4) is 16.5 Å². The lowest BCUT2D eigenvalue weighted by Gasteiger charge is -2.22. The average molecular weight is 389 g/mol. The molecule has 1 N–H and O–H groups in total. The summed E-state index contributed by atoms with van der Waals surface area (Å²) in [7, 11) is 0. The van der Waals surface area contributed by atoms with E-state index < -0.39 is 24.0 Å². The maximum absolute atomic E-state index is 12.2. The Morgan fingerprint density at radius 1 is 1.31 bits per heavy atom. The number of halogens is 1. The Bertz CT molecular complexity index is 868. The van der Waals surface area contributed by atoms with E-state index in [0.717, 1.165) is 23.3 Å². The highest BCUT2D eigenvalue weighted by Gasteiger charge is 2.43. The molecule has 7 heteroatoms. The summed E-state index contributed by atoms with van der Waals surface area (Å²) in [5.41, 5.74) is 0.0548. The van der Waals surface area contributed by atoms with Gasteiger partial charge in [-0.25, -0.2) is 4.79 Å². The number of nitrogens with one attached hydrogen (secondary N) is 1. The van der Waals surface area contributed by atoms with Gasteiger partial charge >= 0.3 is 5.97 Å². The van der Waals surface area contributed by atoms with Gasteiger partial charge in [-0.2, -0.15) is 5.26 Å². The van der Waals surface area contributed by atoms with Gasteiger partial charge in [0.15, 0.2) is 6.61 Å². The molecule has 0 saturated heterocycles. The van der Waals surface area contributed by atoms with Crippen LogP contribution in [-0.2, 0) is 9.53 Å². The molecule has 1 aromatic heterocycles. The van der Waals surface area contributed by atoms with E-state index in [1.165, 1.54) is 11.3 Å². The van der Waals surface area contributed by atoms with Gasteiger partial charge in [0, 0.05) is 9.90 Å². The molecule has 0 bridgehead atoms. The van der Waals surface area contributed by atoms with E-state index >= 15 is 0 Å². The van der Waals surface area contributed by atoms with Crippen molar-refractivity contribution < 1.29 is 14.3 Å². The highest BCUT2D eigenvalue weighted by atomic mass is 35.5. The molecule has 0 unspecified atom stereocenters. The molecule has 1 saturated carbocycles. The number of hydrogen-bond donors (Lipinski definition) is 1. The van der Waals surface area contributed by atoms with Crippen LogP contribution in [0.4, 0.5) is 0 Å². The van der Waals surface area contributed by atoms with Gasteiger partial charge in [0.1, 0.15) is 10.4 Å². The number of esters is 1. The zero-order chi connectivity index (χ0) is 18.7. The first kappa shape index (κ1) is 18.4. The van der Waals surface area contributed by atoms with Gasteiger partial charge < -0.3 is 10.1 Å². The van der Waals surface area contributed by atoms with Gasteiger partial charge in [-0.05, 0) is 55.5 Å². The first-order valence-electron chi connectivity index (χ1n) is 8.16. The molecule has 134 valence electrons. The molecule has 1 amide bonds. The number of amides is 1. The number of carbonyl (C=O) groups excluding carboxylic acids is 2. The molecule has 1 aliphatic carbocycles. The van der Waals surface area contributed by atoms with E-state index in [0.29, 0.717) is 9.90 Å². The zero-order valence-corrected chi connectivity index (χ0v) is 15.7. The topological polar surface area (TPSA) is 79.2 Å². The zero-order valence-electron chi connectivity index (χ0n) is 14.1. The molecule has 1 fully saturated rings. The van der Waals surface area contributed by atoms with Crippen LogP contribution in [0, 0.1) is 17.2 Å². The lowest BCUT2D eigenvalue weighted by atomic mass is 9.98. The number of hydrogen-bond acceptors (Lipinski definition) is 5. The summed E-state index contributed by atoms with van der Waals surface area (Å²) in [5.74, 6) is -0.856. The second-order valence-corrected chi connectivity index (χ2v) is 7.90. The van der Waals surface area contributed by atoms with E-state index in [4.69, 9.17) is 16.3 Å². The highest BCUT2D eigenvalue weighted by Crippen LogP contribution is 2.39. The van der Waals surface area contributed by atoms with Crippen LogP contribution in [0.2, 0.25) is 5.02 Å². The molecule has 0 spiro atoms. The normalized spacial score (nSPS) is 15.6. The second kappa shape index (κ2) is 7.48. The predicted octanol–water partition coefficient (Wildman–Crippen LogP) is 4.03. The molecule has 1 aromatic carbocycles. The van der Waals surface area contributed by atoms with Gasteiger partial charge in [0.25, 0.3) is 5.91 Å². The molecule has 1 atom stereocenters. The summed E-state index contributed by atoms with van der Waals surface area (Å²) in [5, 5.41) is 12.6. The third-order valence-electron chi connectivity index (χ3n) is 4.30. The van der Waals surface area contributed by atoms with Crippen molar-refractivity contribution in [3.05, 3.63) is 46.3 Å². The van der Waals surface area contributed by atoms with Crippen LogP contribution < -0.4 is 5.32 Å². The molecule has 26 heavy (non-hydrogen) atoms. The minimum Gasteiger partial charge on any atom is -0.451 e. The minimum absolute atomic E-state index is 0.173. The molecule has 0 radical (unpaired) electrons. The Labute approximate surface area is 160 Å². The molecule has 5 nitrogen and oxygen atoms in total. The highest BCUT2D eigenvalue weighted by molar-refractivity contribution is 7.17. The minimum atomic E-state index is -0.895. The molecular weight excluding hydrogens is 372 g/mol. The predicted molar refractivity (Wildman–Crippen MR) is 99.9 cm³/mol. The van der Waals surface area contributed by atoms with Crippen LogP contribution in [0.1, 0.15) is 29.4 Å². The van der Waals surface area contributed by atoms with Gasteiger partial charge in [-0.3, -0.25) is 4.79 Å². The Morgan fingerprint density at radius 3 is 2.62 bits per heavy atom. The van der Waals surface area contributed by atoms with Crippen molar-refractivity contribution in [1.29, 1.82) is 5.26 Å². The van der Waals surface area contributed by atoms with Crippen molar-refractivity contribution in [3.63, 3.8) is 0 Å².